The molecular weight excluding hydrogens is 710 g/mol. The van der Waals surface area contributed by atoms with Gasteiger partial charge in [-0.15, -0.1) is 11.8 Å². The number of nitrogens with zero attached hydrogens (tertiary/aromatic N) is 3. The first-order valence-electron chi connectivity index (χ1n) is 20.8. The van der Waals surface area contributed by atoms with Crippen molar-refractivity contribution in [3.63, 3.8) is 0 Å². The summed E-state index contributed by atoms with van der Waals surface area (Å²) in [5.74, 6) is -2.74. The average Bonchev–Trinajstić information content (AvgIpc) is 3.19. The summed E-state index contributed by atoms with van der Waals surface area (Å²) < 4.78 is 138. The van der Waals surface area contributed by atoms with E-state index in [9.17, 15) is 33.2 Å². The van der Waals surface area contributed by atoms with Gasteiger partial charge in [0, 0.05) is 58.0 Å². The minimum absolute atomic E-state index is 0.0127. The van der Waals surface area contributed by atoms with E-state index in [4.69, 9.17) is 9.60 Å². The predicted molar refractivity (Wildman–Crippen MR) is 198 cm³/mol. The van der Waals surface area contributed by atoms with Gasteiger partial charge in [0.2, 0.25) is 5.91 Å². The molecule has 2 heterocycles. The Hall–Kier alpha value is -4.23. The zero-order valence-corrected chi connectivity index (χ0v) is 29.4. The van der Waals surface area contributed by atoms with Gasteiger partial charge in [0.05, 0.1) is 31.4 Å². The van der Waals surface area contributed by atoms with Gasteiger partial charge in [0.1, 0.15) is 12.6 Å². The molecule has 6 nitrogen and oxygen atoms in total. The quantitative estimate of drug-likeness (QED) is 0.146. The highest BCUT2D eigenvalue weighted by molar-refractivity contribution is 8.02. The molecule has 1 amide bonds. The number of methoxy groups -OCH3 is 1. The number of fused-ring (bicyclic) bond motifs is 1. The fraction of sp³-hybridized carbons (Fsp3) is 0.341. The number of hydrogen-bond acceptors (Lipinski definition) is 6. The van der Waals surface area contributed by atoms with E-state index in [0.717, 1.165) is 34.9 Å². The third-order valence-electron chi connectivity index (χ3n) is 9.38. The second-order valence-electron chi connectivity index (χ2n) is 12.6. The molecule has 4 aromatic rings. The van der Waals surface area contributed by atoms with E-state index < -0.39 is 74.1 Å². The number of piperidine rings is 1. The minimum atomic E-state index is -4.52. The molecule has 4 aromatic carbocycles. The number of amides is 1. The Bertz CT molecular complexity index is 2240. The van der Waals surface area contributed by atoms with Gasteiger partial charge in [-0.05, 0) is 66.8 Å². The summed E-state index contributed by atoms with van der Waals surface area (Å²) in [6, 6.07) is 18.9. The van der Waals surface area contributed by atoms with Crippen LogP contribution in [0.2, 0.25) is 0 Å². The van der Waals surface area contributed by atoms with Gasteiger partial charge in [-0.25, -0.2) is 8.78 Å². The molecule has 0 aromatic heterocycles. The van der Waals surface area contributed by atoms with E-state index in [1.807, 2.05) is 0 Å². The molecule has 0 saturated carbocycles. The van der Waals surface area contributed by atoms with Crippen LogP contribution in [-0.2, 0) is 21.5 Å². The van der Waals surface area contributed by atoms with Crippen molar-refractivity contribution in [3.05, 3.63) is 136 Å². The second kappa shape index (κ2) is 16.8. The zero-order valence-electron chi connectivity index (χ0n) is 36.5. The van der Waals surface area contributed by atoms with Gasteiger partial charge in [-0.1, -0.05) is 66.7 Å². The molecular formula is C41H42F5N3O3S. The Morgan fingerprint density at radius 1 is 1.02 bits per heavy atom. The number of benzene rings is 4. The molecule has 2 unspecified atom stereocenters. The molecule has 0 aliphatic carbocycles. The Labute approximate surface area is 322 Å². The maximum absolute atomic E-state index is 15.0. The number of anilines is 1. The zero-order chi connectivity index (χ0) is 44.7. The molecule has 2 aliphatic rings. The van der Waals surface area contributed by atoms with Crippen LogP contribution in [0.15, 0.2) is 102 Å². The van der Waals surface area contributed by atoms with Crippen LogP contribution in [0.1, 0.15) is 65.1 Å². The highest BCUT2D eigenvalue weighted by Crippen LogP contribution is 2.41. The molecule has 0 radical (unpaired) electrons. The van der Waals surface area contributed by atoms with Crippen molar-refractivity contribution in [2.24, 2.45) is 0 Å². The van der Waals surface area contributed by atoms with Crippen LogP contribution in [0.3, 0.4) is 0 Å². The van der Waals surface area contributed by atoms with Crippen LogP contribution in [0.25, 0.3) is 11.1 Å². The summed E-state index contributed by atoms with van der Waals surface area (Å²) in [6.07, 6.45) is -4.13. The van der Waals surface area contributed by atoms with Crippen LogP contribution in [-0.4, -0.2) is 66.6 Å². The Balaban J connectivity index is 1.33. The van der Waals surface area contributed by atoms with Crippen molar-refractivity contribution < 1.29 is 47.6 Å². The summed E-state index contributed by atoms with van der Waals surface area (Å²) in [7, 11) is -3.24. The number of carbonyl (C=O) groups is 1. The number of carbonyl (C=O) groups excluding carboxylic acids is 1. The smallest absolute Gasteiger partial charge is 0.384 e. The summed E-state index contributed by atoms with van der Waals surface area (Å²) in [5, 5.41) is 11.4. The number of aliphatic hydroxyl groups is 1. The number of para-hydroxylation sites is 1. The third-order valence-corrected chi connectivity index (χ3v) is 10.5. The van der Waals surface area contributed by atoms with Gasteiger partial charge in [0.15, 0.2) is 11.6 Å². The Kier molecular flexibility index (Phi) is 9.27. The lowest BCUT2D eigenvalue weighted by molar-refractivity contribution is -0.137. The molecule has 0 bridgehead atoms. The number of hydrogen-bond donors (Lipinski definition) is 1. The molecule has 280 valence electrons. The van der Waals surface area contributed by atoms with Crippen LogP contribution in [0.4, 0.5) is 27.6 Å². The number of halogens is 5. The summed E-state index contributed by atoms with van der Waals surface area (Å²) in [4.78, 5) is 19.0. The number of likely N-dealkylation sites (tertiary alicyclic amines) is 1. The number of alkyl halides is 3. The Morgan fingerprint density at radius 2 is 1.70 bits per heavy atom. The van der Waals surface area contributed by atoms with Crippen molar-refractivity contribution in [1.82, 2.24) is 9.80 Å². The fourth-order valence-electron chi connectivity index (χ4n) is 6.61. The van der Waals surface area contributed by atoms with E-state index in [2.05, 4.69) is 4.74 Å². The van der Waals surface area contributed by atoms with Gasteiger partial charge < -0.3 is 24.5 Å². The first-order chi connectivity index (χ1) is 28.4. The van der Waals surface area contributed by atoms with Crippen LogP contribution >= 0.6 is 11.8 Å². The minimum Gasteiger partial charge on any atom is -0.384 e. The van der Waals surface area contributed by atoms with Crippen LogP contribution in [0.5, 0.6) is 0 Å². The van der Waals surface area contributed by atoms with Crippen molar-refractivity contribution in [2.75, 3.05) is 44.6 Å². The van der Waals surface area contributed by atoms with E-state index in [0.29, 0.717) is 33.0 Å². The van der Waals surface area contributed by atoms with E-state index in [-0.39, 0.29) is 37.2 Å². The molecule has 53 heavy (non-hydrogen) atoms. The highest BCUT2D eigenvalue weighted by atomic mass is 32.2. The average molecular weight is 760 g/mol. The van der Waals surface area contributed by atoms with Gasteiger partial charge >= 0.3 is 6.18 Å². The standard InChI is InChI=1S/C41H42F5N3O3S/c1-27(28-10-12-29(13-11-28)30-14-16-32(17-15-30)41(44,45)46)49(33-18-20-47(21-19-33)22-23-52-2)38(51)25-48-36-9-4-3-7-34(36)37(50)24-39(48)53-26-31-6-5-8-35(42)40(31)43/h3-17,24,27,33,37,50H,18-23,25-26H2,1-2H3/i2D3,22D2,23D2,27D. The molecule has 2 atom stereocenters. The van der Waals surface area contributed by atoms with E-state index in [1.54, 1.807) is 53.4 Å². The molecule has 6 rings (SSSR count). The van der Waals surface area contributed by atoms with Crippen molar-refractivity contribution in [3.8, 4) is 11.1 Å². The summed E-state index contributed by atoms with van der Waals surface area (Å²) >= 11 is 1.06. The third kappa shape index (κ3) is 8.95. The van der Waals surface area contributed by atoms with Gasteiger partial charge in [-0.2, -0.15) is 13.2 Å². The van der Waals surface area contributed by atoms with Crippen molar-refractivity contribution >= 4 is 23.4 Å². The highest BCUT2D eigenvalue weighted by Gasteiger charge is 2.35. The Morgan fingerprint density at radius 3 is 2.38 bits per heavy atom. The largest absolute Gasteiger partial charge is 0.416 e. The number of aliphatic hydroxyl groups excluding tert-OH is 1. The summed E-state index contributed by atoms with van der Waals surface area (Å²) in [5.41, 5.74) is 1.47. The van der Waals surface area contributed by atoms with E-state index >= 15 is 0 Å². The first kappa shape index (κ1) is 29.2. The lowest BCUT2D eigenvalue weighted by Gasteiger charge is -2.43. The van der Waals surface area contributed by atoms with Gasteiger partial charge in [0.25, 0.3) is 0 Å². The molecule has 1 N–H and O–H groups in total. The normalized spacial score (nSPS) is 20.9. The first-order valence-corrected chi connectivity index (χ1v) is 17.8. The predicted octanol–water partition coefficient (Wildman–Crippen LogP) is 8.98. The maximum atomic E-state index is 15.0. The molecule has 1 fully saturated rings. The van der Waals surface area contributed by atoms with Crippen molar-refractivity contribution in [1.29, 1.82) is 0 Å². The van der Waals surface area contributed by atoms with Gasteiger partial charge in [-0.3, -0.25) is 4.79 Å². The number of ether oxygens (including phenoxy) is 1. The van der Waals surface area contributed by atoms with Crippen molar-refractivity contribution in [2.45, 2.75) is 49.9 Å². The lowest BCUT2D eigenvalue weighted by Crippen LogP contribution is -2.51. The molecule has 2 aliphatic heterocycles. The monoisotopic (exact) mass is 759 g/mol. The summed E-state index contributed by atoms with van der Waals surface area (Å²) in [6.45, 7) is -5.46. The van der Waals surface area contributed by atoms with Crippen LogP contribution in [0, 0.1) is 11.6 Å². The fourth-order valence-corrected chi connectivity index (χ4v) is 7.68. The molecule has 12 heteroatoms. The number of thioether (sulfide) groups is 1. The second-order valence-corrected chi connectivity index (χ2v) is 13.6. The SMILES string of the molecule is [2H]C([2H])([2H])OC([2H])([2H])C([2H])([2H])N1CCC(N(C(=O)CN2C(SCc3cccc(F)c3F)=CC(O)c3ccccc32)C([2H])(C)c2ccc(-c3ccc(C(F)(F)F)cc3)cc2)CC1. The van der Waals surface area contributed by atoms with E-state index in [1.165, 1.54) is 42.2 Å². The maximum Gasteiger partial charge on any atom is 0.416 e. The number of rotatable bonds is 12. The molecule has 0 spiro atoms. The topological polar surface area (TPSA) is 56.2 Å². The van der Waals surface area contributed by atoms with Crippen LogP contribution < -0.4 is 4.90 Å². The lowest BCUT2D eigenvalue weighted by atomic mass is 9.96. The molecule has 1 saturated heterocycles.